The van der Waals surface area contributed by atoms with Crippen LogP contribution in [-0.4, -0.2) is 11.9 Å². The Balaban J connectivity index is 1.30. The second-order valence-corrected chi connectivity index (χ2v) is 11.1. The van der Waals surface area contributed by atoms with E-state index >= 15 is 0 Å². The fourth-order valence-corrected chi connectivity index (χ4v) is 6.12. The highest BCUT2D eigenvalue weighted by Crippen LogP contribution is 2.50. The molecule has 1 heterocycles. The molecule has 0 aromatic heterocycles. The fraction of sp³-hybridized carbons (Fsp3) is 0.933. The topological polar surface area (TPSA) is 43.4 Å². The van der Waals surface area contributed by atoms with Crippen molar-refractivity contribution in [2.75, 3.05) is 0 Å². The highest BCUT2D eigenvalue weighted by Gasteiger charge is 2.63. The first-order valence-electron chi connectivity index (χ1n) is 15.0. The lowest BCUT2D eigenvalue weighted by Gasteiger charge is -2.45. The zero-order valence-electron chi connectivity index (χ0n) is 22.0. The van der Waals surface area contributed by atoms with Crippen molar-refractivity contribution in [2.24, 2.45) is 11.3 Å². The average molecular weight is 463 g/mol. The molecule has 0 amide bonds. The van der Waals surface area contributed by atoms with Crippen LogP contribution in [0.4, 0.5) is 0 Å². The van der Waals surface area contributed by atoms with Gasteiger partial charge in [-0.15, -0.1) is 0 Å². The minimum Gasteiger partial charge on any atom is -0.391 e. The molecular formula is C30H54O3. The largest absolute Gasteiger partial charge is 0.391 e. The van der Waals surface area contributed by atoms with E-state index in [4.69, 9.17) is 4.74 Å². The van der Waals surface area contributed by atoms with Crippen LogP contribution < -0.4 is 0 Å². The number of unbranched alkanes of at least 4 members (excludes halogenated alkanes) is 19. The summed E-state index contributed by atoms with van der Waals surface area (Å²) in [5.74, 6) is -0.216. The summed E-state index contributed by atoms with van der Waals surface area (Å²) in [5, 5.41) is 0. The van der Waals surface area contributed by atoms with Crippen LogP contribution in [0.1, 0.15) is 167 Å². The van der Waals surface area contributed by atoms with E-state index in [9.17, 15) is 9.59 Å². The van der Waals surface area contributed by atoms with E-state index in [0.29, 0.717) is 0 Å². The van der Waals surface area contributed by atoms with E-state index in [1.54, 1.807) is 0 Å². The second kappa shape index (κ2) is 17.6. The van der Waals surface area contributed by atoms with E-state index in [2.05, 4.69) is 6.92 Å². The van der Waals surface area contributed by atoms with Gasteiger partial charge in [0.15, 0.2) is 5.41 Å². The zero-order chi connectivity index (χ0) is 23.6. The minimum atomic E-state index is -0.730. The molecule has 1 aliphatic carbocycles. The Morgan fingerprint density at radius 2 is 1.00 bits per heavy atom. The number of hydrogen-bond acceptors (Lipinski definition) is 3. The van der Waals surface area contributed by atoms with Crippen LogP contribution in [0.25, 0.3) is 0 Å². The fourth-order valence-electron chi connectivity index (χ4n) is 6.12. The van der Waals surface area contributed by atoms with Crippen LogP contribution in [0.5, 0.6) is 0 Å². The first-order chi connectivity index (χ1) is 16.2. The Morgan fingerprint density at radius 3 is 1.39 bits per heavy atom. The van der Waals surface area contributed by atoms with Crippen molar-refractivity contribution in [2.45, 2.75) is 167 Å². The standard InChI is InChI=1S/C30H54O3/c1-2-3-4-5-6-7-8-9-10-11-12-13-14-15-16-17-18-19-20-21-24-27-25-22-23-26-30(27)28(31)33-29(30)32/h27H,2-26H2,1H3. The number of esters is 2. The molecule has 3 nitrogen and oxygen atoms in total. The molecule has 0 aromatic carbocycles. The maximum absolute atomic E-state index is 12.0. The summed E-state index contributed by atoms with van der Waals surface area (Å²) in [5.41, 5.74) is -0.730. The summed E-state index contributed by atoms with van der Waals surface area (Å²) in [6, 6.07) is 0. The van der Waals surface area contributed by atoms with Gasteiger partial charge < -0.3 is 4.74 Å². The van der Waals surface area contributed by atoms with Crippen LogP contribution in [-0.2, 0) is 14.3 Å². The molecule has 1 saturated carbocycles. The number of carbonyl (C=O) groups excluding carboxylic acids is 2. The molecule has 0 radical (unpaired) electrons. The zero-order valence-corrected chi connectivity index (χ0v) is 22.0. The summed E-state index contributed by atoms with van der Waals surface area (Å²) >= 11 is 0. The maximum atomic E-state index is 12.0. The lowest BCUT2D eigenvalue weighted by molar-refractivity contribution is -0.206. The van der Waals surface area contributed by atoms with E-state index in [0.717, 1.165) is 38.5 Å². The van der Waals surface area contributed by atoms with Crippen LogP contribution in [0.3, 0.4) is 0 Å². The lowest BCUT2D eigenvalue weighted by Crippen LogP contribution is -2.58. The number of rotatable bonds is 21. The predicted octanol–water partition coefficient (Wildman–Crippen LogP) is 9.46. The Kier molecular flexibility index (Phi) is 15.1. The van der Waals surface area contributed by atoms with Gasteiger partial charge in [0.05, 0.1) is 0 Å². The summed E-state index contributed by atoms with van der Waals surface area (Å²) in [6.07, 6.45) is 32.9. The van der Waals surface area contributed by atoms with Gasteiger partial charge in [0, 0.05) is 0 Å². The van der Waals surface area contributed by atoms with Crippen LogP contribution in [0.2, 0.25) is 0 Å². The molecule has 0 N–H and O–H groups in total. The molecule has 1 saturated heterocycles. The van der Waals surface area contributed by atoms with Crippen molar-refractivity contribution in [3.05, 3.63) is 0 Å². The Morgan fingerprint density at radius 1 is 0.606 bits per heavy atom. The van der Waals surface area contributed by atoms with Gasteiger partial charge in [-0.3, -0.25) is 9.59 Å². The Hall–Kier alpha value is -0.860. The van der Waals surface area contributed by atoms with E-state index < -0.39 is 5.41 Å². The third-order valence-corrected chi connectivity index (χ3v) is 8.39. The number of ether oxygens (including phenoxy) is 1. The Labute approximate surface area is 205 Å². The third-order valence-electron chi connectivity index (χ3n) is 8.39. The van der Waals surface area contributed by atoms with Gasteiger partial charge in [-0.25, -0.2) is 0 Å². The molecule has 2 aliphatic rings. The molecule has 0 aromatic rings. The van der Waals surface area contributed by atoms with E-state index in [1.165, 1.54) is 122 Å². The van der Waals surface area contributed by atoms with Crippen molar-refractivity contribution in [3.63, 3.8) is 0 Å². The molecule has 2 rings (SSSR count). The molecule has 3 heteroatoms. The highest BCUT2D eigenvalue weighted by molar-refractivity contribution is 6.14. The predicted molar refractivity (Wildman–Crippen MR) is 138 cm³/mol. The molecule has 1 atom stereocenters. The van der Waals surface area contributed by atoms with Gasteiger partial charge >= 0.3 is 11.9 Å². The number of cyclic esters (lactones) is 2. The molecule has 33 heavy (non-hydrogen) atoms. The first kappa shape index (κ1) is 28.4. The maximum Gasteiger partial charge on any atom is 0.331 e. The van der Waals surface area contributed by atoms with Crippen LogP contribution in [0.15, 0.2) is 0 Å². The molecule has 1 aliphatic heterocycles. The minimum absolute atomic E-state index is 0.231. The summed E-state index contributed by atoms with van der Waals surface area (Å²) in [7, 11) is 0. The van der Waals surface area contributed by atoms with Gasteiger partial charge in [0.2, 0.25) is 0 Å². The quantitative estimate of drug-likeness (QED) is 0.0968. The normalized spacial score (nSPS) is 19.6. The summed E-state index contributed by atoms with van der Waals surface area (Å²) in [4.78, 5) is 24.0. The molecule has 1 unspecified atom stereocenters. The van der Waals surface area contributed by atoms with Crippen LogP contribution in [0, 0.1) is 11.3 Å². The molecule has 2 fully saturated rings. The van der Waals surface area contributed by atoms with Gasteiger partial charge in [-0.2, -0.15) is 0 Å². The van der Waals surface area contributed by atoms with E-state index in [-0.39, 0.29) is 17.9 Å². The first-order valence-corrected chi connectivity index (χ1v) is 15.0. The molecule has 0 bridgehead atoms. The third kappa shape index (κ3) is 10.1. The molecular weight excluding hydrogens is 408 g/mol. The lowest BCUT2D eigenvalue weighted by atomic mass is 9.62. The van der Waals surface area contributed by atoms with Crippen molar-refractivity contribution < 1.29 is 14.3 Å². The average Bonchev–Trinajstić information content (AvgIpc) is 2.83. The molecule has 192 valence electrons. The highest BCUT2D eigenvalue weighted by atomic mass is 16.6. The van der Waals surface area contributed by atoms with Gasteiger partial charge in [0.1, 0.15) is 0 Å². The van der Waals surface area contributed by atoms with Crippen molar-refractivity contribution >= 4 is 11.9 Å². The van der Waals surface area contributed by atoms with Gasteiger partial charge in [0.25, 0.3) is 0 Å². The second-order valence-electron chi connectivity index (χ2n) is 11.1. The van der Waals surface area contributed by atoms with Crippen molar-refractivity contribution in [3.8, 4) is 0 Å². The number of carbonyl (C=O) groups is 2. The van der Waals surface area contributed by atoms with Crippen LogP contribution >= 0.6 is 0 Å². The number of hydrogen-bond donors (Lipinski definition) is 0. The van der Waals surface area contributed by atoms with Crippen molar-refractivity contribution in [1.82, 2.24) is 0 Å². The summed E-state index contributed by atoms with van der Waals surface area (Å²) < 4.78 is 4.73. The molecule has 1 spiro atoms. The van der Waals surface area contributed by atoms with Crippen molar-refractivity contribution in [1.29, 1.82) is 0 Å². The summed E-state index contributed by atoms with van der Waals surface area (Å²) in [6.45, 7) is 2.29. The van der Waals surface area contributed by atoms with Gasteiger partial charge in [-0.1, -0.05) is 148 Å². The van der Waals surface area contributed by atoms with Gasteiger partial charge in [-0.05, 0) is 25.2 Å². The van der Waals surface area contributed by atoms with E-state index in [1.807, 2.05) is 0 Å². The Bertz CT molecular complexity index is 513. The SMILES string of the molecule is CCCCCCCCCCCCCCCCCCCCCCC1CCCCC12C(=O)OC2=O. The monoisotopic (exact) mass is 462 g/mol. The smallest absolute Gasteiger partial charge is 0.331 e.